The van der Waals surface area contributed by atoms with Gasteiger partial charge in [-0.05, 0) is 24.6 Å². The number of anilines is 1. The molecular weight excluding hydrogens is 308 g/mol. The molecule has 1 aromatic carbocycles. The maximum absolute atomic E-state index is 11.9. The third-order valence-corrected chi connectivity index (χ3v) is 6.81. The Bertz CT molecular complexity index is 727. The van der Waals surface area contributed by atoms with Crippen molar-refractivity contribution in [3.05, 3.63) is 29.8 Å². The average molecular weight is 324 g/mol. The summed E-state index contributed by atoms with van der Waals surface area (Å²) in [6.45, 7) is 3.39. The van der Waals surface area contributed by atoms with Crippen molar-refractivity contribution >= 4 is 38.4 Å². The van der Waals surface area contributed by atoms with E-state index in [1.807, 2.05) is 36.1 Å². The normalized spacial score (nSPS) is 28.9. The smallest absolute Gasteiger partial charge is 0.244 e. The molecule has 2 atom stereocenters. The van der Waals surface area contributed by atoms with Crippen LogP contribution in [0.15, 0.2) is 29.3 Å². The monoisotopic (exact) mass is 324 g/mol. The molecule has 3 rings (SSSR count). The number of rotatable bonds is 1. The maximum atomic E-state index is 11.9. The number of carbonyl (C=O) groups excluding carboxylic acids is 1. The molecule has 1 amide bonds. The van der Waals surface area contributed by atoms with Gasteiger partial charge in [0.05, 0.1) is 17.5 Å². The van der Waals surface area contributed by atoms with Gasteiger partial charge in [-0.2, -0.15) is 4.99 Å². The van der Waals surface area contributed by atoms with Crippen LogP contribution >= 0.6 is 11.8 Å². The van der Waals surface area contributed by atoms with E-state index < -0.39 is 9.84 Å². The van der Waals surface area contributed by atoms with Crippen molar-refractivity contribution in [2.24, 2.45) is 4.99 Å². The number of hydrogen-bond acceptors (Lipinski definition) is 4. The van der Waals surface area contributed by atoms with Crippen molar-refractivity contribution in [1.82, 2.24) is 0 Å². The molecule has 0 radical (unpaired) electrons. The second kappa shape index (κ2) is 5.14. The van der Waals surface area contributed by atoms with Gasteiger partial charge in [0, 0.05) is 17.9 Å². The van der Waals surface area contributed by atoms with E-state index in [2.05, 4.69) is 4.99 Å². The van der Waals surface area contributed by atoms with Gasteiger partial charge in [-0.3, -0.25) is 4.79 Å². The SMILES string of the molecule is CC(=O)N=C1SC2CS(=O)(=O)CC2N1c1cccc(C)c1. The van der Waals surface area contributed by atoms with E-state index in [4.69, 9.17) is 0 Å². The Morgan fingerprint density at radius 3 is 2.81 bits per heavy atom. The molecule has 2 aliphatic rings. The van der Waals surface area contributed by atoms with Crippen LogP contribution < -0.4 is 4.90 Å². The lowest BCUT2D eigenvalue weighted by Crippen LogP contribution is -2.37. The fourth-order valence-electron chi connectivity index (χ4n) is 2.78. The number of carbonyl (C=O) groups is 1. The molecule has 0 N–H and O–H groups in total. The second-order valence-electron chi connectivity index (χ2n) is 5.42. The molecule has 112 valence electrons. The van der Waals surface area contributed by atoms with Gasteiger partial charge in [0.2, 0.25) is 5.91 Å². The Hall–Kier alpha value is -1.34. The quantitative estimate of drug-likeness (QED) is 0.785. The molecule has 2 aliphatic heterocycles. The first-order chi connectivity index (χ1) is 9.85. The molecule has 2 fully saturated rings. The zero-order chi connectivity index (χ0) is 15.2. The fourth-order valence-corrected chi connectivity index (χ4v) is 6.74. The first-order valence-electron chi connectivity index (χ1n) is 6.68. The van der Waals surface area contributed by atoms with E-state index in [0.717, 1.165) is 11.3 Å². The van der Waals surface area contributed by atoms with Crippen LogP contribution in [0.5, 0.6) is 0 Å². The second-order valence-corrected chi connectivity index (χ2v) is 8.78. The Morgan fingerprint density at radius 2 is 2.14 bits per heavy atom. The van der Waals surface area contributed by atoms with Gasteiger partial charge >= 0.3 is 0 Å². The molecular formula is C14H16N2O3S2. The van der Waals surface area contributed by atoms with Crippen molar-refractivity contribution < 1.29 is 13.2 Å². The molecule has 0 bridgehead atoms. The topological polar surface area (TPSA) is 66.8 Å². The minimum atomic E-state index is -3.01. The van der Waals surface area contributed by atoms with E-state index >= 15 is 0 Å². The highest BCUT2D eigenvalue weighted by molar-refractivity contribution is 8.16. The van der Waals surface area contributed by atoms with Crippen LogP contribution in [0.3, 0.4) is 0 Å². The van der Waals surface area contributed by atoms with Crippen LogP contribution in [-0.2, 0) is 14.6 Å². The predicted molar refractivity (Wildman–Crippen MR) is 85.6 cm³/mol. The van der Waals surface area contributed by atoms with Gasteiger partial charge in [-0.1, -0.05) is 23.9 Å². The van der Waals surface area contributed by atoms with Crippen LogP contribution in [0, 0.1) is 6.92 Å². The molecule has 0 aliphatic carbocycles. The first kappa shape index (κ1) is 14.6. The lowest BCUT2D eigenvalue weighted by atomic mass is 10.1. The number of fused-ring (bicyclic) bond motifs is 1. The lowest BCUT2D eigenvalue weighted by molar-refractivity contribution is -0.115. The highest BCUT2D eigenvalue weighted by Gasteiger charge is 2.49. The van der Waals surface area contributed by atoms with Gasteiger partial charge < -0.3 is 4.90 Å². The molecule has 1 aromatic rings. The molecule has 2 saturated heterocycles. The van der Waals surface area contributed by atoms with Crippen LogP contribution in [0.2, 0.25) is 0 Å². The summed E-state index contributed by atoms with van der Waals surface area (Å²) in [6, 6.07) is 7.69. The summed E-state index contributed by atoms with van der Waals surface area (Å²) < 4.78 is 23.7. The number of benzene rings is 1. The van der Waals surface area contributed by atoms with Crippen molar-refractivity contribution in [3.8, 4) is 0 Å². The van der Waals surface area contributed by atoms with E-state index in [1.165, 1.54) is 18.7 Å². The minimum absolute atomic E-state index is 0.0476. The summed E-state index contributed by atoms with van der Waals surface area (Å²) in [5.41, 5.74) is 1.98. The van der Waals surface area contributed by atoms with Crippen LogP contribution in [0.4, 0.5) is 5.69 Å². The number of amidine groups is 1. The highest BCUT2D eigenvalue weighted by Crippen LogP contribution is 2.41. The number of hydrogen-bond donors (Lipinski definition) is 0. The number of amides is 1. The van der Waals surface area contributed by atoms with E-state index in [9.17, 15) is 13.2 Å². The summed E-state index contributed by atoms with van der Waals surface area (Å²) in [5.74, 6) is 0.00915. The molecule has 2 heterocycles. The van der Waals surface area contributed by atoms with E-state index in [-0.39, 0.29) is 28.7 Å². The van der Waals surface area contributed by atoms with Crippen molar-refractivity contribution in [2.75, 3.05) is 16.4 Å². The van der Waals surface area contributed by atoms with E-state index in [1.54, 1.807) is 0 Å². The summed E-state index contributed by atoms with van der Waals surface area (Å²) >= 11 is 1.40. The largest absolute Gasteiger partial charge is 0.316 e. The molecule has 0 aromatic heterocycles. The number of aliphatic imine (C=N–C) groups is 1. The summed E-state index contributed by atoms with van der Waals surface area (Å²) in [7, 11) is -3.01. The predicted octanol–water partition coefficient (Wildman–Crippen LogP) is 1.62. The highest BCUT2D eigenvalue weighted by atomic mass is 32.2. The first-order valence-corrected chi connectivity index (χ1v) is 9.38. The standard InChI is InChI=1S/C14H16N2O3S2/c1-9-4-3-5-11(6-9)16-12-7-21(18,19)8-13(12)20-14(16)15-10(2)17/h3-6,12-13H,7-8H2,1-2H3. The molecule has 7 heteroatoms. The number of aryl methyl sites for hydroxylation is 1. The maximum Gasteiger partial charge on any atom is 0.244 e. The summed E-state index contributed by atoms with van der Waals surface area (Å²) in [5, 5.41) is 0.562. The minimum Gasteiger partial charge on any atom is -0.316 e. The Balaban J connectivity index is 2.05. The van der Waals surface area contributed by atoms with Crippen molar-refractivity contribution in [1.29, 1.82) is 0 Å². The van der Waals surface area contributed by atoms with Gasteiger partial charge in [-0.25, -0.2) is 8.42 Å². The Morgan fingerprint density at radius 1 is 1.38 bits per heavy atom. The van der Waals surface area contributed by atoms with Gasteiger partial charge in [0.1, 0.15) is 0 Å². The third kappa shape index (κ3) is 2.85. The molecule has 2 unspecified atom stereocenters. The van der Waals surface area contributed by atoms with Crippen molar-refractivity contribution in [3.63, 3.8) is 0 Å². The number of nitrogens with zero attached hydrogens (tertiary/aromatic N) is 2. The van der Waals surface area contributed by atoms with Gasteiger partial charge in [0.15, 0.2) is 15.0 Å². The van der Waals surface area contributed by atoms with E-state index in [0.29, 0.717) is 5.17 Å². The Kier molecular flexibility index (Phi) is 3.57. The van der Waals surface area contributed by atoms with Gasteiger partial charge in [0.25, 0.3) is 0 Å². The van der Waals surface area contributed by atoms with Crippen molar-refractivity contribution in [2.45, 2.75) is 25.1 Å². The zero-order valence-electron chi connectivity index (χ0n) is 11.8. The fraction of sp³-hybridized carbons (Fsp3) is 0.429. The summed E-state index contributed by atoms with van der Waals surface area (Å²) in [6.07, 6.45) is 0. The molecule has 21 heavy (non-hydrogen) atoms. The Labute approximate surface area is 128 Å². The van der Waals surface area contributed by atoms with Crippen LogP contribution in [-0.4, -0.2) is 42.3 Å². The number of sulfone groups is 1. The molecule has 0 saturated carbocycles. The number of thioether (sulfide) groups is 1. The summed E-state index contributed by atoms with van der Waals surface area (Å²) in [4.78, 5) is 17.3. The third-order valence-electron chi connectivity index (χ3n) is 3.60. The molecule has 0 spiro atoms. The van der Waals surface area contributed by atoms with Crippen LogP contribution in [0.1, 0.15) is 12.5 Å². The van der Waals surface area contributed by atoms with Gasteiger partial charge in [-0.15, -0.1) is 0 Å². The van der Waals surface area contributed by atoms with Crippen LogP contribution in [0.25, 0.3) is 0 Å². The lowest BCUT2D eigenvalue weighted by Gasteiger charge is -2.24. The average Bonchev–Trinajstić information content (AvgIpc) is 2.79. The molecule has 5 nitrogen and oxygen atoms in total. The zero-order valence-corrected chi connectivity index (χ0v) is 13.4.